The monoisotopic (exact) mass is 268 g/mol. The minimum absolute atomic E-state index is 0.269. The predicted molar refractivity (Wildman–Crippen MR) is 75.3 cm³/mol. The van der Waals surface area contributed by atoms with Crippen LogP contribution >= 0.6 is 0 Å². The van der Waals surface area contributed by atoms with Crippen molar-refractivity contribution in [1.82, 2.24) is 10.2 Å². The molecule has 0 amide bonds. The molecule has 0 spiro atoms. The van der Waals surface area contributed by atoms with Gasteiger partial charge in [0.05, 0.1) is 18.8 Å². The van der Waals surface area contributed by atoms with Gasteiger partial charge < -0.3 is 19.7 Å². The van der Waals surface area contributed by atoms with Crippen molar-refractivity contribution in [2.24, 2.45) is 11.3 Å². The summed E-state index contributed by atoms with van der Waals surface area (Å²) in [6.45, 7) is 9.58. The Morgan fingerprint density at radius 3 is 2.89 bits per heavy atom. The molecule has 2 saturated heterocycles. The van der Waals surface area contributed by atoms with Crippen LogP contribution in [0, 0.1) is 11.3 Å². The van der Waals surface area contributed by atoms with Crippen molar-refractivity contribution in [3.63, 3.8) is 0 Å². The van der Waals surface area contributed by atoms with E-state index in [1.165, 1.54) is 12.8 Å². The highest BCUT2D eigenvalue weighted by atomic mass is 16.5. The maximum absolute atomic E-state index is 5.95. The Hall–Kier alpha value is -0.160. The summed E-state index contributed by atoms with van der Waals surface area (Å²) in [5, 5.41) is 3.77. The molecular formula is C15H28N2O2. The van der Waals surface area contributed by atoms with Gasteiger partial charge in [0.2, 0.25) is 0 Å². The summed E-state index contributed by atoms with van der Waals surface area (Å²) in [6, 6.07) is 0.591. The Morgan fingerprint density at radius 2 is 2.11 bits per heavy atom. The zero-order chi connectivity index (χ0) is 13.5. The first kappa shape index (κ1) is 13.8. The molecule has 4 atom stereocenters. The van der Waals surface area contributed by atoms with Crippen molar-refractivity contribution < 1.29 is 9.47 Å². The molecule has 4 nitrogen and oxygen atoms in total. The number of nitrogens with one attached hydrogen (secondary N) is 1. The molecule has 0 aromatic heterocycles. The first-order chi connectivity index (χ1) is 9.09. The summed E-state index contributed by atoms with van der Waals surface area (Å²) in [5.74, 6) is 0.713. The van der Waals surface area contributed by atoms with Crippen LogP contribution < -0.4 is 5.32 Å². The number of hydrogen-bond acceptors (Lipinski definition) is 4. The van der Waals surface area contributed by atoms with Crippen LogP contribution in [0.2, 0.25) is 0 Å². The van der Waals surface area contributed by atoms with E-state index in [4.69, 9.17) is 9.47 Å². The molecule has 1 aliphatic carbocycles. The predicted octanol–water partition coefficient (Wildman–Crippen LogP) is 1.11. The van der Waals surface area contributed by atoms with E-state index in [9.17, 15) is 0 Å². The van der Waals surface area contributed by atoms with Crippen LogP contribution in [0.4, 0.5) is 0 Å². The SMILES string of the molecule is CN1CCOC(CNC2C3CCCOC3C2(C)C)C1. The van der Waals surface area contributed by atoms with Gasteiger partial charge in [-0.25, -0.2) is 0 Å². The van der Waals surface area contributed by atoms with Gasteiger partial charge in [-0.15, -0.1) is 0 Å². The van der Waals surface area contributed by atoms with Crippen LogP contribution in [0.15, 0.2) is 0 Å². The molecule has 2 aliphatic heterocycles. The quantitative estimate of drug-likeness (QED) is 0.831. The number of fused-ring (bicyclic) bond motifs is 1. The van der Waals surface area contributed by atoms with Gasteiger partial charge in [-0.1, -0.05) is 13.8 Å². The molecule has 0 aromatic rings. The number of nitrogens with zero attached hydrogens (tertiary/aromatic N) is 1. The average molecular weight is 268 g/mol. The van der Waals surface area contributed by atoms with E-state index in [0.29, 0.717) is 24.2 Å². The summed E-state index contributed by atoms with van der Waals surface area (Å²) >= 11 is 0. The maximum Gasteiger partial charge on any atom is 0.0826 e. The Bertz CT molecular complexity index is 321. The Morgan fingerprint density at radius 1 is 1.26 bits per heavy atom. The van der Waals surface area contributed by atoms with Crippen molar-refractivity contribution in [3.8, 4) is 0 Å². The van der Waals surface area contributed by atoms with E-state index in [1.54, 1.807) is 0 Å². The molecule has 1 saturated carbocycles. The minimum atomic E-state index is 0.269. The van der Waals surface area contributed by atoms with E-state index < -0.39 is 0 Å². The molecule has 0 aromatic carbocycles. The zero-order valence-electron chi connectivity index (χ0n) is 12.5. The number of hydrogen-bond donors (Lipinski definition) is 1. The average Bonchev–Trinajstić information content (AvgIpc) is 2.39. The van der Waals surface area contributed by atoms with Gasteiger partial charge in [0, 0.05) is 43.6 Å². The zero-order valence-corrected chi connectivity index (χ0v) is 12.5. The van der Waals surface area contributed by atoms with E-state index in [0.717, 1.165) is 32.8 Å². The molecular weight excluding hydrogens is 240 g/mol. The molecule has 3 rings (SSSR count). The van der Waals surface area contributed by atoms with Gasteiger partial charge in [0.15, 0.2) is 0 Å². The number of morpholine rings is 1. The molecule has 1 N–H and O–H groups in total. The van der Waals surface area contributed by atoms with Crippen LogP contribution in [0.25, 0.3) is 0 Å². The molecule has 0 bridgehead atoms. The second-order valence-corrected chi connectivity index (χ2v) is 7.06. The summed E-state index contributed by atoms with van der Waals surface area (Å²) in [6.07, 6.45) is 3.35. The lowest BCUT2D eigenvalue weighted by Crippen LogP contribution is -2.70. The second-order valence-electron chi connectivity index (χ2n) is 7.06. The largest absolute Gasteiger partial charge is 0.377 e. The van der Waals surface area contributed by atoms with Crippen molar-refractivity contribution in [1.29, 1.82) is 0 Å². The van der Waals surface area contributed by atoms with Gasteiger partial charge in [-0.2, -0.15) is 0 Å². The van der Waals surface area contributed by atoms with E-state index in [-0.39, 0.29) is 5.41 Å². The highest BCUT2D eigenvalue weighted by molar-refractivity contribution is 5.10. The van der Waals surface area contributed by atoms with Crippen molar-refractivity contribution in [2.45, 2.75) is 44.9 Å². The van der Waals surface area contributed by atoms with Crippen molar-refractivity contribution in [3.05, 3.63) is 0 Å². The Balaban J connectivity index is 1.52. The standard InChI is InChI=1S/C15H28N2O2/c1-15(2)13(12-5-4-7-19-14(12)15)16-9-11-10-17(3)6-8-18-11/h11-14,16H,4-10H2,1-3H3. The van der Waals surface area contributed by atoms with Gasteiger partial charge in [0.25, 0.3) is 0 Å². The molecule has 19 heavy (non-hydrogen) atoms. The fourth-order valence-electron chi connectivity index (χ4n) is 4.19. The molecule has 2 heterocycles. The smallest absolute Gasteiger partial charge is 0.0826 e. The molecule has 4 unspecified atom stereocenters. The fraction of sp³-hybridized carbons (Fsp3) is 1.00. The number of likely N-dealkylation sites (N-methyl/N-ethyl adjacent to an activating group) is 1. The van der Waals surface area contributed by atoms with Crippen LogP contribution in [0.1, 0.15) is 26.7 Å². The third kappa shape index (κ3) is 2.56. The number of rotatable bonds is 3. The van der Waals surface area contributed by atoms with E-state index in [2.05, 4.69) is 31.1 Å². The third-order valence-electron chi connectivity index (χ3n) is 5.24. The molecule has 3 fully saturated rings. The molecule has 3 aliphatic rings. The van der Waals surface area contributed by atoms with Crippen LogP contribution in [0.3, 0.4) is 0 Å². The van der Waals surface area contributed by atoms with E-state index in [1.807, 2.05) is 0 Å². The minimum Gasteiger partial charge on any atom is -0.377 e. The summed E-state index contributed by atoms with van der Waals surface area (Å²) in [4.78, 5) is 2.36. The highest BCUT2D eigenvalue weighted by Gasteiger charge is 2.57. The topological polar surface area (TPSA) is 33.7 Å². The Kier molecular flexibility index (Phi) is 3.87. The van der Waals surface area contributed by atoms with Crippen LogP contribution in [-0.2, 0) is 9.47 Å². The highest BCUT2D eigenvalue weighted by Crippen LogP contribution is 2.51. The van der Waals surface area contributed by atoms with Gasteiger partial charge >= 0.3 is 0 Å². The Labute approximate surface area is 116 Å². The molecule has 0 radical (unpaired) electrons. The normalized spacial score (nSPS) is 42.5. The second kappa shape index (κ2) is 5.32. The fourth-order valence-corrected chi connectivity index (χ4v) is 4.19. The first-order valence-corrected chi connectivity index (χ1v) is 7.74. The van der Waals surface area contributed by atoms with Crippen molar-refractivity contribution >= 4 is 0 Å². The van der Waals surface area contributed by atoms with Gasteiger partial charge in [-0.05, 0) is 19.9 Å². The lowest BCUT2D eigenvalue weighted by atomic mass is 9.55. The molecule has 4 heteroatoms. The van der Waals surface area contributed by atoms with Crippen LogP contribution in [0.5, 0.6) is 0 Å². The third-order valence-corrected chi connectivity index (χ3v) is 5.24. The summed E-state index contributed by atoms with van der Waals surface area (Å²) in [7, 11) is 2.17. The summed E-state index contributed by atoms with van der Waals surface area (Å²) in [5.41, 5.74) is 0.269. The first-order valence-electron chi connectivity index (χ1n) is 7.74. The van der Waals surface area contributed by atoms with Gasteiger partial charge in [-0.3, -0.25) is 0 Å². The van der Waals surface area contributed by atoms with Crippen molar-refractivity contribution in [2.75, 3.05) is 39.9 Å². The number of ether oxygens (including phenoxy) is 2. The molecule has 110 valence electrons. The lowest BCUT2D eigenvalue weighted by molar-refractivity contribution is -0.194. The van der Waals surface area contributed by atoms with Gasteiger partial charge in [0.1, 0.15) is 0 Å². The summed E-state index contributed by atoms with van der Waals surface area (Å²) < 4.78 is 11.8. The van der Waals surface area contributed by atoms with Crippen LogP contribution in [-0.4, -0.2) is 63.0 Å². The maximum atomic E-state index is 5.95. The van der Waals surface area contributed by atoms with E-state index >= 15 is 0 Å². The lowest BCUT2D eigenvalue weighted by Gasteiger charge is -2.60.